The van der Waals surface area contributed by atoms with Crippen molar-refractivity contribution < 1.29 is 14.6 Å². The molecule has 2 N–H and O–H groups in total. The summed E-state index contributed by atoms with van der Waals surface area (Å²) in [4.78, 5) is 6.60. The Morgan fingerprint density at radius 3 is 3.00 bits per heavy atom. The molecular weight excluding hydrogens is 306 g/mol. The smallest absolute Gasteiger partial charge is 0.125 e. The normalized spacial score (nSPS) is 24.7. The lowest BCUT2D eigenvalue weighted by Gasteiger charge is -2.40. The number of anilines is 1. The molecule has 24 heavy (non-hydrogen) atoms. The molecule has 0 spiro atoms. The second-order valence-electron chi connectivity index (χ2n) is 6.90. The van der Waals surface area contributed by atoms with Gasteiger partial charge in [-0.05, 0) is 30.5 Å². The van der Waals surface area contributed by atoms with Gasteiger partial charge in [-0.1, -0.05) is 0 Å². The standard InChI is InChI=1S/C18H29N3O3/c1-19-17-12-15(4-7-20-17)2-3-16-13-21(8-11-24-16)14-18(22)5-9-23-10-6-18/h4,7,12,16,22H,2-3,5-6,8-11,13-14H2,1H3,(H,19,20). The summed E-state index contributed by atoms with van der Waals surface area (Å²) < 4.78 is 11.3. The van der Waals surface area contributed by atoms with Crippen LogP contribution in [0.2, 0.25) is 0 Å². The van der Waals surface area contributed by atoms with Crippen LogP contribution in [0.5, 0.6) is 0 Å². The third-order valence-corrected chi connectivity index (χ3v) is 5.00. The Bertz CT molecular complexity index is 520. The molecule has 6 nitrogen and oxygen atoms in total. The first kappa shape index (κ1) is 17.6. The molecule has 0 bridgehead atoms. The maximum Gasteiger partial charge on any atom is 0.125 e. The predicted molar refractivity (Wildman–Crippen MR) is 93.3 cm³/mol. The lowest BCUT2D eigenvalue weighted by atomic mass is 9.93. The topological polar surface area (TPSA) is 66.9 Å². The summed E-state index contributed by atoms with van der Waals surface area (Å²) in [7, 11) is 1.88. The van der Waals surface area contributed by atoms with Crippen LogP contribution in [0.1, 0.15) is 24.8 Å². The zero-order valence-electron chi connectivity index (χ0n) is 14.5. The number of hydrogen-bond acceptors (Lipinski definition) is 6. The molecule has 3 heterocycles. The van der Waals surface area contributed by atoms with E-state index >= 15 is 0 Å². The largest absolute Gasteiger partial charge is 0.388 e. The highest BCUT2D eigenvalue weighted by atomic mass is 16.5. The summed E-state index contributed by atoms with van der Waals surface area (Å²) in [5, 5.41) is 13.8. The first-order valence-electron chi connectivity index (χ1n) is 8.94. The van der Waals surface area contributed by atoms with E-state index in [1.54, 1.807) is 0 Å². The van der Waals surface area contributed by atoms with Gasteiger partial charge in [0.05, 0.1) is 18.3 Å². The van der Waals surface area contributed by atoms with Gasteiger partial charge in [0, 0.05) is 58.9 Å². The number of β-amino-alcohol motifs (C(OH)–C–C–N with tert-alkyl or cyclic N) is 1. The summed E-state index contributed by atoms with van der Waals surface area (Å²) in [6.07, 6.45) is 5.51. The molecule has 134 valence electrons. The molecule has 1 aromatic rings. The molecule has 6 heteroatoms. The molecule has 3 rings (SSSR count). The first-order valence-corrected chi connectivity index (χ1v) is 8.94. The van der Waals surface area contributed by atoms with Crippen LogP contribution in [0.3, 0.4) is 0 Å². The van der Waals surface area contributed by atoms with E-state index in [2.05, 4.69) is 27.3 Å². The molecule has 0 amide bonds. The lowest BCUT2D eigenvalue weighted by Crippen LogP contribution is -2.52. The van der Waals surface area contributed by atoms with Crippen molar-refractivity contribution in [1.29, 1.82) is 0 Å². The van der Waals surface area contributed by atoms with Gasteiger partial charge in [0.15, 0.2) is 0 Å². The van der Waals surface area contributed by atoms with Crippen LogP contribution in [-0.4, -0.2) is 73.2 Å². The van der Waals surface area contributed by atoms with Crippen LogP contribution in [-0.2, 0) is 15.9 Å². The van der Waals surface area contributed by atoms with Gasteiger partial charge in [0.1, 0.15) is 5.82 Å². The fourth-order valence-corrected chi connectivity index (χ4v) is 3.52. The van der Waals surface area contributed by atoms with Gasteiger partial charge in [-0.3, -0.25) is 4.90 Å². The quantitative estimate of drug-likeness (QED) is 0.817. The number of nitrogens with zero attached hydrogens (tertiary/aromatic N) is 2. The van der Waals surface area contributed by atoms with E-state index in [-0.39, 0.29) is 6.10 Å². The molecular formula is C18H29N3O3. The number of aromatic nitrogens is 1. The van der Waals surface area contributed by atoms with E-state index in [1.165, 1.54) is 5.56 Å². The van der Waals surface area contributed by atoms with Gasteiger partial charge >= 0.3 is 0 Å². The molecule has 2 aliphatic rings. The van der Waals surface area contributed by atoms with Crippen molar-refractivity contribution in [3.63, 3.8) is 0 Å². The molecule has 1 aromatic heterocycles. The Morgan fingerprint density at radius 2 is 2.21 bits per heavy atom. The molecule has 1 atom stereocenters. The van der Waals surface area contributed by atoms with Crippen LogP contribution in [0, 0.1) is 0 Å². The van der Waals surface area contributed by atoms with E-state index in [0.29, 0.717) is 13.2 Å². The van der Waals surface area contributed by atoms with Crippen LogP contribution < -0.4 is 5.32 Å². The fourth-order valence-electron chi connectivity index (χ4n) is 3.52. The average molecular weight is 335 g/mol. The molecule has 2 fully saturated rings. The van der Waals surface area contributed by atoms with Gasteiger partial charge in [-0.25, -0.2) is 4.98 Å². The van der Waals surface area contributed by atoms with Gasteiger partial charge in [-0.2, -0.15) is 0 Å². The SMILES string of the molecule is CNc1cc(CCC2CN(CC3(O)CCOCC3)CCO2)ccn1. The Morgan fingerprint density at radius 1 is 1.38 bits per heavy atom. The van der Waals surface area contributed by atoms with Crippen molar-refractivity contribution in [2.24, 2.45) is 0 Å². The average Bonchev–Trinajstić information content (AvgIpc) is 2.61. The van der Waals surface area contributed by atoms with Gasteiger partial charge < -0.3 is 19.9 Å². The monoisotopic (exact) mass is 335 g/mol. The molecule has 0 radical (unpaired) electrons. The lowest BCUT2D eigenvalue weighted by molar-refractivity contribution is -0.103. The maximum atomic E-state index is 10.7. The number of morpholine rings is 1. The van der Waals surface area contributed by atoms with Crippen molar-refractivity contribution in [2.75, 3.05) is 51.8 Å². The first-order chi connectivity index (χ1) is 11.7. The summed E-state index contributed by atoms with van der Waals surface area (Å²) >= 11 is 0. The summed E-state index contributed by atoms with van der Waals surface area (Å²) in [6, 6.07) is 4.15. The van der Waals surface area contributed by atoms with E-state index < -0.39 is 5.60 Å². The third-order valence-electron chi connectivity index (χ3n) is 5.00. The Hall–Kier alpha value is -1.21. The van der Waals surface area contributed by atoms with E-state index in [9.17, 15) is 5.11 Å². The van der Waals surface area contributed by atoms with Gasteiger partial charge in [-0.15, -0.1) is 0 Å². The summed E-state index contributed by atoms with van der Waals surface area (Å²) in [5.41, 5.74) is 0.686. The van der Waals surface area contributed by atoms with Crippen LogP contribution in [0.4, 0.5) is 5.82 Å². The maximum absolute atomic E-state index is 10.7. The third kappa shape index (κ3) is 4.89. The van der Waals surface area contributed by atoms with Crippen molar-refractivity contribution in [2.45, 2.75) is 37.4 Å². The number of hydrogen-bond donors (Lipinski definition) is 2. The number of pyridine rings is 1. The van der Waals surface area contributed by atoms with E-state index in [1.807, 2.05) is 13.2 Å². The molecule has 0 aromatic carbocycles. The van der Waals surface area contributed by atoms with Crippen LogP contribution >= 0.6 is 0 Å². The highest BCUT2D eigenvalue weighted by Crippen LogP contribution is 2.23. The molecule has 2 saturated heterocycles. The highest BCUT2D eigenvalue weighted by molar-refractivity contribution is 5.36. The minimum atomic E-state index is -0.590. The Kier molecular flexibility index (Phi) is 6.05. The van der Waals surface area contributed by atoms with Crippen molar-refractivity contribution in [1.82, 2.24) is 9.88 Å². The Labute approximate surface area is 144 Å². The number of aliphatic hydroxyl groups is 1. The van der Waals surface area contributed by atoms with Crippen molar-refractivity contribution in [3.8, 4) is 0 Å². The van der Waals surface area contributed by atoms with Crippen LogP contribution in [0.25, 0.3) is 0 Å². The van der Waals surface area contributed by atoms with Crippen molar-refractivity contribution >= 4 is 5.82 Å². The highest BCUT2D eigenvalue weighted by Gasteiger charge is 2.33. The molecule has 1 unspecified atom stereocenters. The van der Waals surface area contributed by atoms with Crippen molar-refractivity contribution in [3.05, 3.63) is 23.9 Å². The Balaban J connectivity index is 1.48. The number of rotatable bonds is 6. The minimum Gasteiger partial charge on any atom is -0.388 e. The number of nitrogens with one attached hydrogen (secondary N) is 1. The predicted octanol–water partition coefficient (Wildman–Crippen LogP) is 1.30. The molecule has 2 aliphatic heterocycles. The number of aryl methyl sites for hydroxylation is 1. The van der Waals surface area contributed by atoms with Gasteiger partial charge in [0.25, 0.3) is 0 Å². The zero-order chi connectivity index (χ0) is 16.8. The van der Waals surface area contributed by atoms with Gasteiger partial charge in [0.2, 0.25) is 0 Å². The molecule has 0 aliphatic carbocycles. The van der Waals surface area contributed by atoms with E-state index in [0.717, 1.165) is 57.7 Å². The summed E-state index contributed by atoms with van der Waals surface area (Å²) in [6.45, 7) is 4.61. The zero-order valence-corrected chi connectivity index (χ0v) is 14.5. The molecule has 0 saturated carbocycles. The fraction of sp³-hybridized carbons (Fsp3) is 0.722. The number of ether oxygens (including phenoxy) is 2. The second-order valence-corrected chi connectivity index (χ2v) is 6.90. The van der Waals surface area contributed by atoms with Crippen LogP contribution in [0.15, 0.2) is 18.3 Å². The summed E-state index contributed by atoms with van der Waals surface area (Å²) in [5.74, 6) is 0.903. The van der Waals surface area contributed by atoms with E-state index in [4.69, 9.17) is 9.47 Å². The minimum absolute atomic E-state index is 0.230. The second kappa shape index (κ2) is 8.25.